The van der Waals surface area contributed by atoms with Crippen LogP contribution < -0.4 is 0 Å². The van der Waals surface area contributed by atoms with Crippen molar-refractivity contribution in [1.29, 1.82) is 0 Å². The van der Waals surface area contributed by atoms with E-state index in [1.807, 2.05) is 0 Å². The maximum atomic E-state index is 11.2. The van der Waals surface area contributed by atoms with Crippen LogP contribution in [0.4, 0.5) is 0 Å². The third-order valence-electron chi connectivity index (χ3n) is 1.98. The molecule has 0 heterocycles. The maximum Gasteiger partial charge on any atom is 0.163 e. The number of hydrogen-bond donors (Lipinski definition) is 2. The van der Waals surface area contributed by atoms with E-state index in [-0.39, 0.29) is 35.0 Å². The molecule has 0 fully saturated rings. The molecule has 0 bridgehead atoms. The molecule has 0 amide bonds. The van der Waals surface area contributed by atoms with Crippen LogP contribution in [-0.2, 0) is 11.2 Å². The van der Waals surface area contributed by atoms with Gasteiger partial charge in [0.25, 0.3) is 0 Å². The lowest BCUT2D eigenvalue weighted by atomic mass is 10.1. The molecular formula is C11H12O4. The number of benzene rings is 1. The van der Waals surface area contributed by atoms with Crippen LogP contribution >= 0.6 is 0 Å². The number of hydrogen-bond acceptors (Lipinski definition) is 4. The highest BCUT2D eigenvalue weighted by atomic mass is 16.3. The Labute approximate surface area is 87.2 Å². The lowest BCUT2D eigenvalue weighted by Crippen LogP contribution is -2.04. The van der Waals surface area contributed by atoms with Gasteiger partial charge in [0.1, 0.15) is 17.3 Å². The summed E-state index contributed by atoms with van der Waals surface area (Å²) in [6, 6.07) is 2.40. The van der Waals surface area contributed by atoms with E-state index in [1.165, 1.54) is 19.9 Å². The van der Waals surface area contributed by atoms with Crippen LogP contribution in [0.5, 0.6) is 11.5 Å². The van der Waals surface area contributed by atoms with Gasteiger partial charge >= 0.3 is 0 Å². The van der Waals surface area contributed by atoms with Crippen LogP contribution in [0.3, 0.4) is 0 Å². The quantitative estimate of drug-likeness (QED) is 0.740. The monoisotopic (exact) mass is 210 g/mol. The first-order chi connectivity index (χ1) is 6.91. The molecular weight excluding hydrogens is 198 g/mol. The van der Waals surface area contributed by atoms with Crippen molar-refractivity contribution < 1.29 is 19.8 Å². The van der Waals surface area contributed by atoms with Gasteiger partial charge in [0.15, 0.2) is 5.78 Å². The second-order valence-electron chi connectivity index (χ2n) is 3.43. The Balaban J connectivity index is 3.33. The number of rotatable bonds is 3. The SMILES string of the molecule is CC(=O)Cc1cc(O)cc(O)c1[14C](C)=O. The van der Waals surface area contributed by atoms with Crippen molar-refractivity contribution >= 4 is 11.6 Å². The van der Waals surface area contributed by atoms with Crippen molar-refractivity contribution in [1.82, 2.24) is 0 Å². The molecule has 0 spiro atoms. The topological polar surface area (TPSA) is 74.6 Å². The third-order valence-corrected chi connectivity index (χ3v) is 1.98. The van der Waals surface area contributed by atoms with Crippen LogP contribution in [-0.4, -0.2) is 21.8 Å². The van der Waals surface area contributed by atoms with Crippen molar-refractivity contribution in [3.05, 3.63) is 23.3 Å². The Morgan fingerprint density at radius 1 is 1.40 bits per heavy atom. The summed E-state index contributed by atoms with van der Waals surface area (Å²) in [4.78, 5) is 22.2. The molecule has 0 atom stereocenters. The fourth-order valence-electron chi connectivity index (χ4n) is 1.48. The first-order valence-electron chi connectivity index (χ1n) is 4.47. The first kappa shape index (κ1) is 11.2. The number of ketones is 2. The van der Waals surface area contributed by atoms with Gasteiger partial charge in [-0.25, -0.2) is 0 Å². The molecule has 2 N–H and O–H groups in total. The minimum Gasteiger partial charge on any atom is -0.508 e. The first-order valence-corrected chi connectivity index (χ1v) is 4.47. The average Bonchev–Trinajstić information content (AvgIpc) is 1.99. The van der Waals surface area contributed by atoms with E-state index in [2.05, 4.69) is 0 Å². The molecule has 0 saturated carbocycles. The minimum absolute atomic E-state index is 0.0247. The number of carbonyl (C=O) groups excluding carboxylic acids is 2. The molecule has 0 radical (unpaired) electrons. The van der Waals surface area contributed by atoms with Crippen molar-refractivity contribution in [2.75, 3.05) is 0 Å². The van der Waals surface area contributed by atoms with Gasteiger partial charge in [-0.05, 0) is 25.5 Å². The Bertz CT molecular complexity index is 421. The standard InChI is InChI=1S/C11H12O4/c1-6(12)3-8-4-9(14)5-10(15)11(8)7(2)13/h4-5,14-15H,3H2,1-2H3/i7+2. The van der Waals surface area contributed by atoms with Crippen molar-refractivity contribution in [3.8, 4) is 11.5 Å². The molecule has 0 aromatic heterocycles. The lowest BCUT2D eigenvalue weighted by Gasteiger charge is -2.08. The zero-order valence-electron chi connectivity index (χ0n) is 8.57. The maximum absolute atomic E-state index is 11.2. The van der Waals surface area contributed by atoms with E-state index < -0.39 is 0 Å². The Morgan fingerprint density at radius 2 is 2.00 bits per heavy atom. The van der Waals surface area contributed by atoms with Gasteiger partial charge in [0, 0.05) is 12.5 Å². The highest BCUT2D eigenvalue weighted by molar-refractivity contribution is 5.99. The zero-order valence-corrected chi connectivity index (χ0v) is 8.57. The zero-order chi connectivity index (χ0) is 11.6. The molecule has 4 heteroatoms. The van der Waals surface area contributed by atoms with E-state index in [0.29, 0.717) is 5.56 Å². The average molecular weight is 210 g/mol. The van der Waals surface area contributed by atoms with Crippen LogP contribution in [0.2, 0.25) is 0 Å². The normalized spacial score (nSPS) is 10.0. The number of Topliss-reactive ketones (excluding diaryl/α,β-unsaturated/α-hetero) is 2. The molecule has 1 aromatic carbocycles. The highest BCUT2D eigenvalue weighted by Gasteiger charge is 2.15. The summed E-state index contributed by atoms with van der Waals surface area (Å²) in [5.41, 5.74) is 0.454. The second kappa shape index (κ2) is 4.13. The summed E-state index contributed by atoms with van der Waals surface area (Å²) in [5.74, 6) is -0.918. The molecule has 1 aromatic rings. The lowest BCUT2D eigenvalue weighted by molar-refractivity contribution is -0.116. The predicted molar refractivity (Wildman–Crippen MR) is 54.2 cm³/mol. The number of aromatic hydroxyl groups is 2. The molecule has 0 unspecified atom stereocenters. The number of carbonyl (C=O) groups is 2. The van der Waals surface area contributed by atoms with Gasteiger partial charge in [0.2, 0.25) is 0 Å². The van der Waals surface area contributed by atoms with E-state index in [0.717, 1.165) is 6.07 Å². The summed E-state index contributed by atoms with van der Waals surface area (Å²) in [6.07, 6.45) is 0.0247. The van der Waals surface area contributed by atoms with Gasteiger partial charge < -0.3 is 10.2 Å². The second-order valence-corrected chi connectivity index (χ2v) is 3.43. The largest absolute Gasteiger partial charge is 0.508 e. The van der Waals surface area contributed by atoms with Gasteiger partial charge in [-0.1, -0.05) is 0 Å². The van der Waals surface area contributed by atoms with Crippen LogP contribution in [0, 0.1) is 0 Å². The number of phenolic OH excluding ortho intramolecular Hbond substituents is 2. The molecule has 1 rings (SSSR count). The van der Waals surface area contributed by atoms with E-state index in [4.69, 9.17) is 0 Å². The van der Waals surface area contributed by atoms with Crippen LogP contribution in [0.15, 0.2) is 12.1 Å². The van der Waals surface area contributed by atoms with E-state index >= 15 is 0 Å². The predicted octanol–water partition coefficient (Wildman–Crippen LogP) is 1.43. The van der Waals surface area contributed by atoms with E-state index in [1.54, 1.807) is 0 Å². The van der Waals surface area contributed by atoms with Crippen molar-refractivity contribution in [3.63, 3.8) is 0 Å². The van der Waals surface area contributed by atoms with Crippen LogP contribution in [0.25, 0.3) is 0 Å². The van der Waals surface area contributed by atoms with E-state index in [9.17, 15) is 19.8 Å². The smallest absolute Gasteiger partial charge is 0.163 e. The van der Waals surface area contributed by atoms with Gasteiger partial charge in [-0.15, -0.1) is 0 Å². The summed E-state index contributed by atoms with van der Waals surface area (Å²) >= 11 is 0. The van der Waals surface area contributed by atoms with Gasteiger partial charge in [-0.2, -0.15) is 0 Å². The Morgan fingerprint density at radius 3 is 2.47 bits per heavy atom. The molecule has 0 aliphatic heterocycles. The minimum atomic E-state index is -0.330. The molecule has 0 aliphatic rings. The Kier molecular flexibility index (Phi) is 3.09. The summed E-state index contributed by atoms with van der Waals surface area (Å²) in [7, 11) is 0. The molecule has 0 saturated heterocycles. The summed E-state index contributed by atoms with van der Waals surface area (Å²) in [5, 5.41) is 18.7. The highest BCUT2D eigenvalue weighted by Crippen LogP contribution is 2.28. The molecule has 0 aliphatic carbocycles. The van der Waals surface area contributed by atoms with Crippen molar-refractivity contribution in [2.24, 2.45) is 0 Å². The fraction of sp³-hybridized carbons (Fsp3) is 0.273. The Hall–Kier alpha value is -1.84. The summed E-state index contributed by atoms with van der Waals surface area (Å²) < 4.78 is 0. The van der Waals surface area contributed by atoms with Gasteiger partial charge in [-0.3, -0.25) is 9.59 Å². The molecule has 15 heavy (non-hydrogen) atoms. The van der Waals surface area contributed by atoms with Gasteiger partial charge in [0.05, 0.1) is 5.56 Å². The molecule has 80 valence electrons. The van der Waals surface area contributed by atoms with Crippen molar-refractivity contribution in [2.45, 2.75) is 20.3 Å². The third kappa shape index (κ3) is 2.56. The van der Waals surface area contributed by atoms with Crippen LogP contribution in [0.1, 0.15) is 29.8 Å². The molecule has 4 nitrogen and oxygen atoms in total. The number of phenols is 2. The summed E-state index contributed by atoms with van der Waals surface area (Å²) in [6.45, 7) is 2.68. The fourth-order valence-corrected chi connectivity index (χ4v) is 1.48.